The molecule has 1 rings (SSSR count). The van der Waals surface area contributed by atoms with E-state index < -0.39 is 35.2 Å². The summed E-state index contributed by atoms with van der Waals surface area (Å²) in [5, 5.41) is 0. The average Bonchev–Trinajstić information content (AvgIpc) is 2.32. The van der Waals surface area contributed by atoms with Crippen LogP contribution in [0.2, 0.25) is 0 Å². The topological polar surface area (TPSA) is 72.9 Å². The standard InChI is InChI=1S/C19H31NO5/c1-12(2)9-13-10-14(16(22)24-18(3,4)5)20(15(21)11-13)17(23)25-19(6,7)8/h9,13-14H,10-11H2,1-8H3/t13-,14+/m1/s1. The zero-order valence-electron chi connectivity index (χ0n) is 16.6. The summed E-state index contributed by atoms with van der Waals surface area (Å²) in [5.41, 5.74) is -0.401. The van der Waals surface area contributed by atoms with Gasteiger partial charge in [0.2, 0.25) is 5.91 Å². The number of piperidine rings is 1. The van der Waals surface area contributed by atoms with Gasteiger partial charge in [-0.1, -0.05) is 11.6 Å². The zero-order chi connectivity index (χ0) is 19.6. The predicted molar refractivity (Wildman–Crippen MR) is 94.9 cm³/mol. The SMILES string of the molecule is CC(C)=C[C@H]1CC(=O)N(C(=O)OC(C)(C)C)[C@H](C(=O)OC(C)(C)C)C1. The van der Waals surface area contributed by atoms with E-state index in [1.807, 2.05) is 19.9 Å². The van der Waals surface area contributed by atoms with Crippen molar-refractivity contribution in [3.05, 3.63) is 11.6 Å². The summed E-state index contributed by atoms with van der Waals surface area (Å²) in [5.74, 6) is -1.11. The highest BCUT2D eigenvalue weighted by molar-refractivity contribution is 5.98. The van der Waals surface area contributed by atoms with Gasteiger partial charge in [0.05, 0.1) is 0 Å². The number of likely N-dealkylation sites (tertiary alicyclic amines) is 1. The summed E-state index contributed by atoms with van der Waals surface area (Å²) in [6.45, 7) is 14.3. The van der Waals surface area contributed by atoms with Gasteiger partial charge in [-0.15, -0.1) is 0 Å². The van der Waals surface area contributed by atoms with Gasteiger partial charge in [0, 0.05) is 6.42 Å². The molecule has 0 aromatic heterocycles. The lowest BCUT2D eigenvalue weighted by Gasteiger charge is -2.37. The number of amides is 2. The Labute approximate surface area is 150 Å². The minimum atomic E-state index is -0.976. The summed E-state index contributed by atoms with van der Waals surface area (Å²) >= 11 is 0. The molecule has 25 heavy (non-hydrogen) atoms. The molecular weight excluding hydrogens is 322 g/mol. The van der Waals surface area contributed by atoms with Crippen LogP contribution in [0.5, 0.6) is 0 Å². The first-order valence-corrected chi connectivity index (χ1v) is 8.62. The van der Waals surface area contributed by atoms with Crippen molar-refractivity contribution in [1.29, 1.82) is 0 Å². The summed E-state index contributed by atoms with van der Waals surface area (Å²) in [4.78, 5) is 38.6. The van der Waals surface area contributed by atoms with E-state index in [0.717, 1.165) is 10.5 Å². The molecule has 0 aromatic carbocycles. The zero-order valence-corrected chi connectivity index (χ0v) is 16.6. The molecule has 1 heterocycles. The van der Waals surface area contributed by atoms with E-state index in [-0.39, 0.29) is 12.3 Å². The number of nitrogens with zero attached hydrogens (tertiary/aromatic N) is 1. The molecule has 0 saturated carbocycles. The summed E-state index contributed by atoms with van der Waals surface area (Å²) in [7, 11) is 0. The van der Waals surface area contributed by atoms with E-state index in [1.165, 1.54) is 0 Å². The van der Waals surface area contributed by atoms with E-state index in [4.69, 9.17) is 9.47 Å². The van der Waals surface area contributed by atoms with Crippen LogP contribution in [-0.2, 0) is 19.1 Å². The van der Waals surface area contributed by atoms with E-state index >= 15 is 0 Å². The Balaban J connectivity index is 3.13. The Morgan fingerprint density at radius 2 is 1.56 bits per heavy atom. The number of carbonyl (C=O) groups excluding carboxylic acids is 3. The molecule has 0 unspecified atom stereocenters. The Morgan fingerprint density at radius 1 is 1.04 bits per heavy atom. The molecule has 1 aliphatic rings. The van der Waals surface area contributed by atoms with Crippen LogP contribution in [-0.4, -0.2) is 40.1 Å². The minimum Gasteiger partial charge on any atom is -0.458 e. The van der Waals surface area contributed by atoms with Gasteiger partial charge in [0.25, 0.3) is 0 Å². The number of allylic oxidation sites excluding steroid dienone is 2. The Kier molecular flexibility index (Phi) is 6.43. The van der Waals surface area contributed by atoms with E-state index in [1.54, 1.807) is 41.5 Å². The van der Waals surface area contributed by atoms with Crippen LogP contribution in [0.25, 0.3) is 0 Å². The highest BCUT2D eigenvalue weighted by Gasteiger charge is 2.44. The highest BCUT2D eigenvalue weighted by Crippen LogP contribution is 2.29. The maximum Gasteiger partial charge on any atom is 0.417 e. The van der Waals surface area contributed by atoms with Gasteiger partial charge < -0.3 is 9.47 Å². The molecule has 6 nitrogen and oxygen atoms in total. The Bertz CT molecular complexity index is 561. The summed E-state index contributed by atoms with van der Waals surface area (Å²) in [6.07, 6.45) is 1.67. The van der Waals surface area contributed by atoms with E-state index in [0.29, 0.717) is 6.42 Å². The number of ether oxygens (including phenoxy) is 2. The Morgan fingerprint density at radius 3 is 2.00 bits per heavy atom. The molecule has 0 bridgehead atoms. The number of esters is 1. The van der Waals surface area contributed by atoms with Gasteiger partial charge in [-0.05, 0) is 67.7 Å². The normalized spacial score (nSPS) is 21.6. The second-order valence-electron chi connectivity index (χ2n) is 8.74. The van der Waals surface area contributed by atoms with Gasteiger partial charge in [-0.2, -0.15) is 0 Å². The third-order valence-corrected chi connectivity index (χ3v) is 3.38. The van der Waals surface area contributed by atoms with Gasteiger partial charge in [-0.3, -0.25) is 4.79 Å². The van der Waals surface area contributed by atoms with Crippen molar-refractivity contribution in [3.63, 3.8) is 0 Å². The molecule has 0 N–H and O–H groups in total. The fourth-order valence-electron chi connectivity index (χ4n) is 2.68. The van der Waals surface area contributed by atoms with Gasteiger partial charge in [-0.25, -0.2) is 14.5 Å². The van der Waals surface area contributed by atoms with Crippen molar-refractivity contribution in [2.45, 2.75) is 85.5 Å². The van der Waals surface area contributed by atoms with Crippen molar-refractivity contribution in [2.75, 3.05) is 0 Å². The smallest absolute Gasteiger partial charge is 0.417 e. The Hall–Kier alpha value is -1.85. The maximum absolute atomic E-state index is 12.6. The molecule has 1 fully saturated rings. The number of rotatable bonds is 2. The summed E-state index contributed by atoms with van der Waals surface area (Å²) in [6, 6.07) is -0.976. The first-order chi connectivity index (χ1) is 11.2. The van der Waals surface area contributed by atoms with Crippen molar-refractivity contribution in [2.24, 2.45) is 5.92 Å². The van der Waals surface area contributed by atoms with Crippen molar-refractivity contribution in [1.82, 2.24) is 4.90 Å². The molecule has 1 aliphatic heterocycles. The molecule has 6 heteroatoms. The van der Waals surface area contributed by atoms with E-state index in [9.17, 15) is 14.4 Å². The number of imide groups is 1. The third-order valence-electron chi connectivity index (χ3n) is 3.38. The second kappa shape index (κ2) is 7.58. The lowest BCUT2D eigenvalue weighted by molar-refractivity contribution is -0.167. The predicted octanol–water partition coefficient (Wildman–Crippen LogP) is 3.84. The lowest BCUT2D eigenvalue weighted by atomic mass is 9.89. The molecule has 2 amide bonds. The molecule has 0 aliphatic carbocycles. The molecule has 0 radical (unpaired) electrons. The lowest BCUT2D eigenvalue weighted by Crippen LogP contribution is -2.55. The van der Waals surface area contributed by atoms with Crippen LogP contribution in [0.1, 0.15) is 68.2 Å². The number of hydrogen-bond acceptors (Lipinski definition) is 5. The molecule has 0 aromatic rings. The maximum atomic E-state index is 12.6. The fraction of sp³-hybridized carbons (Fsp3) is 0.737. The van der Waals surface area contributed by atoms with Crippen molar-refractivity contribution < 1.29 is 23.9 Å². The second-order valence-corrected chi connectivity index (χ2v) is 8.74. The van der Waals surface area contributed by atoms with Gasteiger partial charge in [0.1, 0.15) is 17.2 Å². The quantitative estimate of drug-likeness (QED) is 0.557. The van der Waals surface area contributed by atoms with Crippen LogP contribution >= 0.6 is 0 Å². The first kappa shape index (κ1) is 21.2. The fourth-order valence-corrected chi connectivity index (χ4v) is 2.68. The number of carbonyl (C=O) groups is 3. The van der Waals surface area contributed by atoms with Crippen LogP contribution in [0, 0.1) is 5.92 Å². The average molecular weight is 353 g/mol. The monoisotopic (exact) mass is 353 g/mol. The molecular formula is C19H31NO5. The van der Waals surface area contributed by atoms with Crippen LogP contribution in [0.3, 0.4) is 0 Å². The largest absolute Gasteiger partial charge is 0.458 e. The highest BCUT2D eigenvalue weighted by atomic mass is 16.6. The summed E-state index contributed by atoms with van der Waals surface area (Å²) < 4.78 is 10.7. The minimum absolute atomic E-state index is 0.103. The molecule has 1 saturated heterocycles. The molecule has 0 spiro atoms. The molecule has 142 valence electrons. The van der Waals surface area contributed by atoms with Crippen molar-refractivity contribution in [3.8, 4) is 0 Å². The van der Waals surface area contributed by atoms with Gasteiger partial charge >= 0.3 is 12.1 Å². The molecule has 2 atom stereocenters. The third kappa shape index (κ3) is 6.88. The van der Waals surface area contributed by atoms with Crippen LogP contribution in [0.15, 0.2) is 11.6 Å². The van der Waals surface area contributed by atoms with Gasteiger partial charge in [0.15, 0.2) is 0 Å². The van der Waals surface area contributed by atoms with E-state index in [2.05, 4.69) is 0 Å². The van der Waals surface area contributed by atoms with Crippen LogP contribution in [0.4, 0.5) is 4.79 Å². The van der Waals surface area contributed by atoms with Crippen molar-refractivity contribution >= 4 is 18.0 Å². The first-order valence-electron chi connectivity index (χ1n) is 8.62. The van der Waals surface area contributed by atoms with Crippen LogP contribution < -0.4 is 0 Å². The number of hydrogen-bond donors (Lipinski definition) is 0.